The van der Waals surface area contributed by atoms with E-state index < -0.39 is 0 Å². The average molecular weight is 227 g/mol. The second-order valence-electron chi connectivity index (χ2n) is 5.93. The molecule has 1 saturated carbocycles. The van der Waals surface area contributed by atoms with Gasteiger partial charge in [0.15, 0.2) is 0 Å². The Labute approximate surface area is 98.7 Å². The van der Waals surface area contributed by atoms with Gasteiger partial charge in [-0.1, -0.05) is 27.2 Å². The lowest BCUT2D eigenvalue weighted by molar-refractivity contribution is -0.151. The molecule has 0 radical (unpaired) electrons. The molecule has 0 aromatic heterocycles. The number of carbonyl (C=O) groups is 1. The number of nitrogens with two attached hydrogens (primary N) is 1. The SMILES string of the molecule is CC(C)(C)C(N)CC(=O)OC1CCCCC1. The molecule has 0 aliphatic heterocycles. The van der Waals surface area contributed by atoms with Crippen molar-refractivity contribution in [3.63, 3.8) is 0 Å². The van der Waals surface area contributed by atoms with Crippen molar-refractivity contribution in [2.24, 2.45) is 11.1 Å². The van der Waals surface area contributed by atoms with Crippen LogP contribution in [-0.2, 0) is 9.53 Å². The van der Waals surface area contributed by atoms with Crippen molar-refractivity contribution in [3.05, 3.63) is 0 Å². The molecule has 0 bridgehead atoms. The van der Waals surface area contributed by atoms with Gasteiger partial charge in [0.1, 0.15) is 6.10 Å². The fraction of sp³-hybridized carbons (Fsp3) is 0.923. The van der Waals surface area contributed by atoms with E-state index in [4.69, 9.17) is 10.5 Å². The van der Waals surface area contributed by atoms with Crippen LogP contribution in [0.2, 0.25) is 0 Å². The van der Waals surface area contributed by atoms with E-state index in [1.54, 1.807) is 0 Å². The maximum Gasteiger partial charge on any atom is 0.307 e. The highest BCUT2D eigenvalue weighted by Crippen LogP contribution is 2.23. The first-order chi connectivity index (χ1) is 7.39. The number of rotatable bonds is 3. The third kappa shape index (κ3) is 4.52. The van der Waals surface area contributed by atoms with Crippen LogP contribution in [0.25, 0.3) is 0 Å². The molecule has 0 amide bonds. The van der Waals surface area contributed by atoms with Crippen LogP contribution in [-0.4, -0.2) is 18.1 Å². The molecule has 3 heteroatoms. The second-order valence-corrected chi connectivity index (χ2v) is 5.93. The molecular formula is C13H25NO2. The Kier molecular flexibility index (Phi) is 4.78. The van der Waals surface area contributed by atoms with Crippen LogP contribution in [0, 0.1) is 5.41 Å². The molecule has 0 heterocycles. The number of esters is 1. The predicted molar refractivity (Wildman–Crippen MR) is 65.0 cm³/mol. The predicted octanol–water partition coefficient (Wildman–Crippen LogP) is 2.63. The summed E-state index contributed by atoms with van der Waals surface area (Å²) in [6.07, 6.45) is 6.17. The molecule has 3 nitrogen and oxygen atoms in total. The number of hydrogen-bond donors (Lipinski definition) is 1. The molecule has 0 aromatic rings. The van der Waals surface area contributed by atoms with Gasteiger partial charge in [0.2, 0.25) is 0 Å². The highest BCUT2D eigenvalue weighted by atomic mass is 16.5. The zero-order valence-electron chi connectivity index (χ0n) is 10.8. The normalized spacial score (nSPS) is 20.5. The van der Waals surface area contributed by atoms with Gasteiger partial charge in [-0.15, -0.1) is 0 Å². The average Bonchev–Trinajstić information content (AvgIpc) is 2.17. The third-order valence-electron chi connectivity index (χ3n) is 3.35. The molecule has 1 aliphatic carbocycles. The van der Waals surface area contributed by atoms with Gasteiger partial charge in [0.05, 0.1) is 6.42 Å². The first-order valence-electron chi connectivity index (χ1n) is 6.34. The van der Waals surface area contributed by atoms with Crippen LogP contribution < -0.4 is 5.73 Å². The molecule has 1 aliphatic rings. The monoisotopic (exact) mass is 227 g/mol. The molecule has 0 aromatic carbocycles. The maximum absolute atomic E-state index is 11.7. The highest BCUT2D eigenvalue weighted by molar-refractivity contribution is 5.70. The third-order valence-corrected chi connectivity index (χ3v) is 3.35. The van der Waals surface area contributed by atoms with Gasteiger partial charge in [-0.25, -0.2) is 0 Å². The van der Waals surface area contributed by atoms with E-state index in [0.717, 1.165) is 12.8 Å². The molecule has 94 valence electrons. The van der Waals surface area contributed by atoms with Crippen molar-refractivity contribution in [1.82, 2.24) is 0 Å². The Bertz CT molecular complexity index is 227. The molecule has 2 N–H and O–H groups in total. The Morgan fingerprint density at radius 3 is 2.38 bits per heavy atom. The van der Waals surface area contributed by atoms with Crippen LogP contribution in [0.4, 0.5) is 0 Å². The van der Waals surface area contributed by atoms with E-state index in [1.807, 2.05) is 20.8 Å². The minimum Gasteiger partial charge on any atom is -0.462 e. The van der Waals surface area contributed by atoms with Crippen LogP contribution in [0.1, 0.15) is 59.3 Å². The van der Waals surface area contributed by atoms with E-state index in [-0.39, 0.29) is 23.5 Å². The first kappa shape index (κ1) is 13.5. The van der Waals surface area contributed by atoms with E-state index in [9.17, 15) is 4.79 Å². The molecular weight excluding hydrogens is 202 g/mol. The summed E-state index contributed by atoms with van der Waals surface area (Å²) in [7, 11) is 0. The molecule has 1 unspecified atom stereocenters. The summed E-state index contributed by atoms with van der Waals surface area (Å²) in [6.45, 7) is 6.14. The van der Waals surface area contributed by atoms with Crippen molar-refractivity contribution in [1.29, 1.82) is 0 Å². The van der Waals surface area contributed by atoms with Crippen molar-refractivity contribution in [2.75, 3.05) is 0 Å². The fourth-order valence-electron chi connectivity index (χ4n) is 1.90. The molecule has 1 fully saturated rings. The summed E-state index contributed by atoms with van der Waals surface area (Å²) in [5.41, 5.74) is 5.92. The lowest BCUT2D eigenvalue weighted by atomic mass is 9.85. The summed E-state index contributed by atoms with van der Waals surface area (Å²) in [6, 6.07) is -0.122. The summed E-state index contributed by atoms with van der Waals surface area (Å²) >= 11 is 0. The van der Waals surface area contributed by atoms with Gasteiger partial charge in [0, 0.05) is 6.04 Å². The van der Waals surface area contributed by atoms with E-state index in [1.165, 1.54) is 19.3 Å². The quantitative estimate of drug-likeness (QED) is 0.754. The van der Waals surface area contributed by atoms with Crippen molar-refractivity contribution in [3.8, 4) is 0 Å². The standard InChI is InChI=1S/C13H25NO2/c1-13(2,3)11(14)9-12(15)16-10-7-5-4-6-8-10/h10-11H,4-9,14H2,1-3H3. The number of carbonyl (C=O) groups excluding carboxylic acids is 1. The molecule has 16 heavy (non-hydrogen) atoms. The van der Waals surface area contributed by atoms with Gasteiger partial charge < -0.3 is 10.5 Å². The van der Waals surface area contributed by atoms with Crippen LogP contribution >= 0.6 is 0 Å². The Morgan fingerprint density at radius 1 is 1.31 bits per heavy atom. The van der Waals surface area contributed by atoms with Crippen molar-refractivity contribution in [2.45, 2.75) is 71.4 Å². The smallest absolute Gasteiger partial charge is 0.307 e. The van der Waals surface area contributed by atoms with Crippen LogP contribution in [0.5, 0.6) is 0 Å². The van der Waals surface area contributed by atoms with E-state index in [0.29, 0.717) is 6.42 Å². The van der Waals surface area contributed by atoms with Gasteiger partial charge in [0.25, 0.3) is 0 Å². The zero-order chi connectivity index (χ0) is 12.2. The number of hydrogen-bond acceptors (Lipinski definition) is 3. The minimum atomic E-state index is -0.130. The van der Waals surface area contributed by atoms with Gasteiger partial charge in [-0.2, -0.15) is 0 Å². The number of ether oxygens (including phenoxy) is 1. The van der Waals surface area contributed by atoms with Gasteiger partial charge in [-0.3, -0.25) is 4.79 Å². The Hall–Kier alpha value is -0.570. The van der Waals surface area contributed by atoms with Crippen LogP contribution in [0.15, 0.2) is 0 Å². The lowest BCUT2D eigenvalue weighted by Gasteiger charge is -2.27. The zero-order valence-corrected chi connectivity index (χ0v) is 10.8. The van der Waals surface area contributed by atoms with E-state index >= 15 is 0 Å². The summed E-state index contributed by atoms with van der Waals surface area (Å²) in [4.78, 5) is 11.7. The van der Waals surface area contributed by atoms with Gasteiger partial charge in [-0.05, 0) is 31.1 Å². The minimum absolute atomic E-state index is 0.0361. The Balaban J connectivity index is 2.29. The van der Waals surface area contributed by atoms with E-state index in [2.05, 4.69) is 0 Å². The molecule has 0 spiro atoms. The maximum atomic E-state index is 11.7. The highest BCUT2D eigenvalue weighted by Gasteiger charge is 2.25. The van der Waals surface area contributed by atoms with Crippen molar-refractivity contribution >= 4 is 5.97 Å². The first-order valence-corrected chi connectivity index (χ1v) is 6.34. The molecule has 1 rings (SSSR count). The van der Waals surface area contributed by atoms with Crippen molar-refractivity contribution < 1.29 is 9.53 Å². The molecule has 0 saturated heterocycles. The Morgan fingerprint density at radius 2 is 1.88 bits per heavy atom. The lowest BCUT2D eigenvalue weighted by Crippen LogP contribution is -2.38. The topological polar surface area (TPSA) is 52.3 Å². The summed E-state index contributed by atoms with van der Waals surface area (Å²) in [5, 5.41) is 0. The van der Waals surface area contributed by atoms with Gasteiger partial charge >= 0.3 is 5.97 Å². The fourth-order valence-corrected chi connectivity index (χ4v) is 1.90. The van der Waals surface area contributed by atoms with Crippen LogP contribution in [0.3, 0.4) is 0 Å². The largest absolute Gasteiger partial charge is 0.462 e. The summed E-state index contributed by atoms with van der Waals surface area (Å²) in [5.74, 6) is -0.130. The summed E-state index contributed by atoms with van der Waals surface area (Å²) < 4.78 is 5.44. The molecule has 1 atom stereocenters. The second kappa shape index (κ2) is 5.67.